The van der Waals surface area contributed by atoms with Gasteiger partial charge in [0.15, 0.2) is 0 Å². The molecule has 2 aliphatic rings. The van der Waals surface area contributed by atoms with Crippen molar-refractivity contribution in [3.63, 3.8) is 0 Å². The molecule has 8 heteroatoms. The Hall–Kier alpha value is -3.00. The van der Waals surface area contributed by atoms with Crippen LogP contribution < -0.4 is 5.56 Å². The molecule has 0 radical (unpaired) electrons. The topological polar surface area (TPSA) is 104 Å². The van der Waals surface area contributed by atoms with E-state index in [0.717, 1.165) is 49.6 Å². The summed E-state index contributed by atoms with van der Waals surface area (Å²) in [7, 11) is 0. The number of aromatic amines is 1. The molecule has 0 unspecified atom stereocenters. The van der Waals surface area contributed by atoms with Gasteiger partial charge in [-0.3, -0.25) is 9.59 Å². The molecule has 162 valence electrons. The largest absolute Gasteiger partial charge is 0.395 e. The number of fused-ring (bicyclic) bond motifs is 1. The summed E-state index contributed by atoms with van der Waals surface area (Å²) in [6.45, 7) is 0.160. The number of nitrogens with zero attached hydrogens (tertiary/aromatic N) is 4. The smallest absolute Gasteiger partial charge is 0.273 e. The number of hydrogen-bond donors (Lipinski definition) is 2. The molecule has 0 aromatic carbocycles. The second-order valence-electron chi connectivity index (χ2n) is 8.74. The number of amides is 1. The van der Waals surface area contributed by atoms with Crippen molar-refractivity contribution < 1.29 is 9.90 Å². The number of carbonyl (C=O) groups excluding carboxylic acids is 1. The van der Waals surface area contributed by atoms with E-state index in [9.17, 15) is 14.7 Å². The first kappa shape index (κ1) is 19.9. The van der Waals surface area contributed by atoms with E-state index in [0.29, 0.717) is 12.2 Å². The molecule has 2 aliphatic carbocycles. The maximum atomic E-state index is 13.0. The van der Waals surface area contributed by atoms with Gasteiger partial charge in [-0.15, -0.1) is 0 Å². The number of carbonyl (C=O) groups is 1. The molecule has 8 nitrogen and oxygen atoms in total. The summed E-state index contributed by atoms with van der Waals surface area (Å²) in [6.07, 6.45) is 10.4. The van der Waals surface area contributed by atoms with Gasteiger partial charge in [0.2, 0.25) is 0 Å². The molecule has 0 aliphatic heterocycles. The van der Waals surface area contributed by atoms with E-state index in [-0.39, 0.29) is 41.9 Å². The van der Waals surface area contributed by atoms with Crippen LogP contribution in [0.3, 0.4) is 0 Å². The number of aliphatic hydroxyl groups is 1. The fourth-order valence-corrected chi connectivity index (χ4v) is 4.99. The third-order valence-electron chi connectivity index (χ3n) is 6.59. The second-order valence-corrected chi connectivity index (χ2v) is 8.74. The predicted octanol–water partition coefficient (Wildman–Crippen LogP) is 2.23. The second kappa shape index (κ2) is 7.92. The number of aromatic nitrogens is 4. The monoisotopic (exact) mass is 421 g/mol. The lowest BCUT2D eigenvalue weighted by Crippen LogP contribution is -2.38. The number of H-pyrrole nitrogens is 1. The highest BCUT2D eigenvalue weighted by atomic mass is 16.3. The van der Waals surface area contributed by atoms with Gasteiger partial charge in [-0.25, -0.2) is 9.97 Å². The molecule has 3 heterocycles. The van der Waals surface area contributed by atoms with Gasteiger partial charge in [0.1, 0.15) is 17.2 Å². The maximum absolute atomic E-state index is 13.0. The minimum atomic E-state index is -0.322. The van der Waals surface area contributed by atoms with Crippen molar-refractivity contribution in [2.24, 2.45) is 0 Å². The lowest BCUT2D eigenvalue weighted by Gasteiger charge is -2.31. The van der Waals surface area contributed by atoms with Crippen LogP contribution in [0.1, 0.15) is 54.8 Å². The van der Waals surface area contributed by atoms with Gasteiger partial charge in [0, 0.05) is 42.9 Å². The fourth-order valence-electron chi connectivity index (χ4n) is 4.99. The quantitative estimate of drug-likeness (QED) is 0.609. The van der Waals surface area contributed by atoms with E-state index >= 15 is 0 Å². The number of hydrogen-bond acceptors (Lipinski definition) is 5. The van der Waals surface area contributed by atoms with E-state index in [4.69, 9.17) is 0 Å². The Kier molecular flexibility index (Phi) is 5.09. The SMILES string of the molecule is O=C(c1cc(=O)[nH]c(CC2(n3ccc4cccnc43)CCCC2)n1)N(CCO)C1CC1. The zero-order chi connectivity index (χ0) is 21.4. The molecular weight excluding hydrogens is 394 g/mol. The summed E-state index contributed by atoms with van der Waals surface area (Å²) in [5.74, 6) is 0.243. The van der Waals surface area contributed by atoms with Gasteiger partial charge in [0.25, 0.3) is 11.5 Å². The van der Waals surface area contributed by atoms with Gasteiger partial charge in [-0.05, 0) is 43.9 Å². The van der Waals surface area contributed by atoms with Crippen molar-refractivity contribution in [2.45, 2.75) is 56.5 Å². The summed E-state index contributed by atoms with van der Waals surface area (Å²) in [5, 5.41) is 10.4. The van der Waals surface area contributed by atoms with Crippen LogP contribution in [-0.4, -0.2) is 54.6 Å². The van der Waals surface area contributed by atoms with Crippen molar-refractivity contribution in [3.8, 4) is 0 Å². The van der Waals surface area contributed by atoms with Gasteiger partial charge in [-0.2, -0.15) is 0 Å². The van der Waals surface area contributed by atoms with Gasteiger partial charge < -0.3 is 19.6 Å². The van der Waals surface area contributed by atoms with Crippen LogP contribution in [0, 0.1) is 0 Å². The Morgan fingerprint density at radius 2 is 2.10 bits per heavy atom. The number of aliphatic hydroxyl groups excluding tert-OH is 1. The van der Waals surface area contributed by atoms with Crippen molar-refractivity contribution >= 4 is 16.9 Å². The van der Waals surface area contributed by atoms with Gasteiger partial charge in [0.05, 0.1) is 12.1 Å². The Morgan fingerprint density at radius 3 is 2.84 bits per heavy atom. The molecule has 0 bridgehead atoms. The number of nitrogens with one attached hydrogen (secondary N) is 1. The molecule has 1 amide bonds. The van der Waals surface area contributed by atoms with E-state index in [1.807, 2.05) is 6.07 Å². The summed E-state index contributed by atoms with van der Waals surface area (Å²) in [5.41, 5.74) is 0.538. The molecule has 0 saturated heterocycles. The Morgan fingerprint density at radius 1 is 1.29 bits per heavy atom. The normalized spacial score (nSPS) is 17.8. The predicted molar refractivity (Wildman–Crippen MR) is 116 cm³/mol. The molecule has 0 atom stereocenters. The molecule has 2 fully saturated rings. The standard InChI is InChI=1S/C23H27N5O3/c29-13-12-27(17-5-6-17)22(31)18-14-20(30)26-19(25-18)15-23(8-1-2-9-23)28-11-7-16-4-3-10-24-21(16)28/h3-4,7,10-11,14,17,29H,1-2,5-6,8-9,12-13,15H2,(H,25,26,30). The summed E-state index contributed by atoms with van der Waals surface area (Å²) >= 11 is 0. The molecule has 0 spiro atoms. The van der Waals surface area contributed by atoms with Crippen LogP contribution in [-0.2, 0) is 12.0 Å². The lowest BCUT2D eigenvalue weighted by atomic mass is 9.92. The molecule has 2 N–H and O–H groups in total. The Bertz CT molecular complexity index is 1160. The van der Waals surface area contributed by atoms with Crippen molar-refractivity contribution in [1.29, 1.82) is 0 Å². The van der Waals surface area contributed by atoms with Crippen LogP contribution in [0.15, 0.2) is 41.5 Å². The number of rotatable bonds is 7. The molecule has 2 saturated carbocycles. The molecular formula is C23H27N5O3. The Labute approximate surface area is 179 Å². The highest BCUT2D eigenvalue weighted by Gasteiger charge is 2.38. The van der Waals surface area contributed by atoms with Crippen molar-refractivity contribution in [1.82, 2.24) is 24.4 Å². The Balaban J connectivity index is 1.50. The minimum Gasteiger partial charge on any atom is -0.395 e. The summed E-state index contributed by atoms with van der Waals surface area (Å²) in [6, 6.07) is 7.46. The van der Waals surface area contributed by atoms with Crippen LogP contribution in [0.4, 0.5) is 0 Å². The zero-order valence-electron chi connectivity index (χ0n) is 17.5. The van der Waals surface area contributed by atoms with Gasteiger partial charge in [-0.1, -0.05) is 12.8 Å². The van der Waals surface area contributed by atoms with Crippen LogP contribution in [0.25, 0.3) is 11.0 Å². The third-order valence-corrected chi connectivity index (χ3v) is 6.59. The highest BCUT2D eigenvalue weighted by molar-refractivity contribution is 5.92. The lowest BCUT2D eigenvalue weighted by molar-refractivity contribution is 0.0700. The minimum absolute atomic E-state index is 0.102. The molecule has 3 aromatic heterocycles. The summed E-state index contributed by atoms with van der Waals surface area (Å²) in [4.78, 5) is 39.1. The van der Waals surface area contributed by atoms with Crippen molar-refractivity contribution in [3.05, 3.63) is 58.5 Å². The summed E-state index contributed by atoms with van der Waals surface area (Å²) < 4.78 is 2.23. The first-order valence-electron chi connectivity index (χ1n) is 11.0. The van der Waals surface area contributed by atoms with Crippen LogP contribution in [0.5, 0.6) is 0 Å². The zero-order valence-corrected chi connectivity index (χ0v) is 17.5. The van der Waals surface area contributed by atoms with E-state index in [1.54, 1.807) is 11.1 Å². The number of pyridine rings is 1. The third kappa shape index (κ3) is 3.76. The first-order valence-corrected chi connectivity index (χ1v) is 11.0. The van der Waals surface area contributed by atoms with E-state index < -0.39 is 0 Å². The van der Waals surface area contributed by atoms with Gasteiger partial charge >= 0.3 is 0 Å². The highest BCUT2D eigenvalue weighted by Crippen LogP contribution is 2.40. The van der Waals surface area contributed by atoms with E-state index in [2.05, 4.69) is 37.8 Å². The average Bonchev–Trinajstić information content (AvgIpc) is 3.33. The first-order chi connectivity index (χ1) is 15.1. The van der Waals surface area contributed by atoms with Crippen molar-refractivity contribution in [2.75, 3.05) is 13.2 Å². The fraction of sp³-hybridized carbons (Fsp3) is 0.478. The molecule has 3 aromatic rings. The van der Waals surface area contributed by atoms with E-state index in [1.165, 1.54) is 6.07 Å². The van der Waals surface area contributed by atoms with Crippen LogP contribution >= 0.6 is 0 Å². The molecule has 5 rings (SSSR count). The average molecular weight is 422 g/mol. The molecule has 31 heavy (non-hydrogen) atoms. The maximum Gasteiger partial charge on any atom is 0.273 e. The van der Waals surface area contributed by atoms with Crippen LogP contribution in [0.2, 0.25) is 0 Å².